The Morgan fingerprint density at radius 1 is 1.03 bits per heavy atom. The van der Waals surface area contributed by atoms with Gasteiger partial charge in [0.25, 0.3) is 5.91 Å². The highest BCUT2D eigenvalue weighted by Gasteiger charge is 2.42. The minimum Gasteiger partial charge on any atom is -0.497 e. The molecule has 1 N–H and O–H groups in total. The van der Waals surface area contributed by atoms with Crippen molar-refractivity contribution in [2.45, 2.75) is 19.5 Å². The molecule has 4 aromatic rings. The first-order chi connectivity index (χ1) is 16.6. The van der Waals surface area contributed by atoms with Crippen LogP contribution in [-0.2, 0) is 6.54 Å². The Bertz CT molecular complexity index is 1330. The van der Waals surface area contributed by atoms with Crippen LogP contribution in [0.3, 0.4) is 0 Å². The van der Waals surface area contributed by atoms with E-state index in [4.69, 9.17) is 21.1 Å². The number of amides is 1. The highest BCUT2D eigenvalue weighted by atomic mass is 35.5. The first kappa shape index (κ1) is 22.0. The van der Waals surface area contributed by atoms with E-state index in [1.807, 2.05) is 84.6 Å². The fraction of sp³-hybridized carbons (Fsp3) is 0.185. The lowest BCUT2D eigenvalue weighted by atomic mass is 9.95. The number of nitrogens with zero attached hydrogens (tertiary/aromatic N) is 2. The van der Waals surface area contributed by atoms with Crippen molar-refractivity contribution in [2.24, 2.45) is 0 Å². The molecule has 0 radical (unpaired) electrons. The van der Waals surface area contributed by atoms with Crippen molar-refractivity contribution < 1.29 is 14.3 Å². The number of carbonyl (C=O) groups excluding carboxylic acids is 1. The fourth-order valence-electron chi connectivity index (χ4n) is 4.43. The molecule has 0 fully saturated rings. The summed E-state index contributed by atoms with van der Waals surface area (Å²) in [5.74, 6) is 1.40. The van der Waals surface area contributed by atoms with E-state index < -0.39 is 0 Å². The van der Waals surface area contributed by atoms with Crippen molar-refractivity contribution in [3.8, 4) is 22.8 Å². The van der Waals surface area contributed by atoms with E-state index >= 15 is 0 Å². The second-order valence-corrected chi connectivity index (χ2v) is 8.43. The standard InChI is InChI=1S/C27H24ClN3O3/c1-3-34-21-9-6-8-18(15-21)26-23-24(17-11-13-20(33-2)14-12-17)29-30-25(23)27(32)31(26)16-19-7-4-5-10-22(19)28/h4-15,26H,3,16H2,1-2H3,(H,29,30). The molecular weight excluding hydrogens is 450 g/mol. The van der Waals surface area contributed by atoms with Crippen molar-refractivity contribution in [3.63, 3.8) is 0 Å². The zero-order valence-corrected chi connectivity index (χ0v) is 19.7. The van der Waals surface area contributed by atoms with Crippen LogP contribution < -0.4 is 9.47 Å². The van der Waals surface area contributed by atoms with E-state index in [0.29, 0.717) is 23.9 Å². The van der Waals surface area contributed by atoms with Crippen molar-refractivity contribution in [3.05, 3.63) is 100 Å². The van der Waals surface area contributed by atoms with Crippen LogP contribution in [0.1, 0.15) is 40.1 Å². The number of benzene rings is 3. The molecule has 1 aliphatic rings. The summed E-state index contributed by atoms with van der Waals surface area (Å²) in [5, 5.41) is 8.16. The van der Waals surface area contributed by atoms with Gasteiger partial charge in [-0.05, 0) is 60.5 Å². The van der Waals surface area contributed by atoms with Gasteiger partial charge in [-0.2, -0.15) is 5.10 Å². The van der Waals surface area contributed by atoms with Crippen LogP contribution in [0.2, 0.25) is 5.02 Å². The predicted octanol–water partition coefficient (Wildman–Crippen LogP) is 5.88. The lowest BCUT2D eigenvalue weighted by Crippen LogP contribution is -2.29. The van der Waals surface area contributed by atoms with Crippen LogP contribution in [0.4, 0.5) is 0 Å². The number of methoxy groups -OCH3 is 1. The van der Waals surface area contributed by atoms with Gasteiger partial charge in [0.15, 0.2) is 0 Å². The Kier molecular flexibility index (Phi) is 5.99. The average Bonchev–Trinajstić information content (AvgIpc) is 3.40. The quantitative estimate of drug-likeness (QED) is 0.364. The summed E-state index contributed by atoms with van der Waals surface area (Å²) in [4.78, 5) is 15.4. The fourth-order valence-corrected chi connectivity index (χ4v) is 4.62. The van der Waals surface area contributed by atoms with E-state index in [1.54, 1.807) is 7.11 Å². The Morgan fingerprint density at radius 3 is 2.56 bits per heavy atom. The number of H-pyrrole nitrogens is 1. The number of hydrogen-bond donors (Lipinski definition) is 1. The Labute approximate surface area is 203 Å². The molecule has 0 spiro atoms. The smallest absolute Gasteiger partial charge is 0.273 e. The van der Waals surface area contributed by atoms with Gasteiger partial charge in [-0.3, -0.25) is 9.89 Å². The maximum atomic E-state index is 13.6. The highest BCUT2D eigenvalue weighted by Crippen LogP contribution is 2.44. The van der Waals surface area contributed by atoms with Crippen molar-refractivity contribution in [2.75, 3.05) is 13.7 Å². The summed E-state index contributed by atoms with van der Waals surface area (Å²) in [6, 6.07) is 22.8. The molecule has 0 bridgehead atoms. The Hall–Kier alpha value is -3.77. The third-order valence-corrected chi connectivity index (χ3v) is 6.38. The van der Waals surface area contributed by atoms with Crippen LogP contribution in [0.5, 0.6) is 11.5 Å². The molecule has 34 heavy (non-hydrogen) atoms. The van der Waals surface area contributed by atoms with Gasteiger partial charge in [-0.15, -0.1) is 0 Å². The van der Waals surface area contributed by atoms with Gasteiger partial charge >= 0.3 is 0 Å². The number of fused-ring (bicyclic) bond motifs is 1. The summed E-state index contributed by atoms with van der Waals surface area (Å²) in [7, 11) is 1.63. The third kappa shape index (κ3) is 3.90. The molecule has 0 aliphatic carbocycles. The van der Waals surface area contributed by atoms with Gasteiger partial charge in [0, 0.05) is 22.7 Å². The zero-order valence-electron chi connectivity index (χ0n) is 18.9. The SMILES string of the molecule is CCOc1cccc(C2c3c(-c4ccc(OC)cc4)n[nH]c3C(=O)N2Cc2ccccc2Cl)c1. The summed E-state index contributed by atoms with van der Waals surface area (Å²) in [6.07, 6.45) is 0. The molecule has 1 amide bonds. The van der Waals surface area contributed by atoms with Gasteiger partial charge in [0.2, 0.25) is 0 Å². The molecule has 1 aliphatic heterocycles. The van der Waals surface area contributed by atoms with Gasteiger partial charge in [-0.1, -0.05) is 41.9 Å². The molecule has 1 aromatic heterocycles. The number of ether oxygens (including phenoxy) is 2. The topological polar surface area (TPSA) is 67.5 Å². The van der Waals surface area contributed by atoms with Crippen LogP contribution >= 0.6 is 11.6 Å². The first-order valence-electron chi connectivity index (χ1n) is 11.1. The predicted molar refractivity (Wildman–Crippen MR) is 131 cm³/mol. The summed E-state index contributed by atoms with van der Waals surface area (Å²) in [6.45, 7) is 2.88. The minimum atomic E-state index is -0.352. The number of nitrogens with one attached hydrogen (secondary N) is 1. The molecular formula is C27H24ClN3O3. The van der Waals surface area contributed by atoms with E-state index in [9.17, 15) is 4.79 Å². The van der Waals surface area contributed by atoms with Crippen LogP contribution in [0.25, 0.3) is 11.3 Å². The molecule has 5 rings (SSSR count). The van der Waals surface area contributed by atoms with Crippen LogP contribution in [0.15, 0.2) is 72.8 Å². The molecule has 172 valence electrons. The maximum Gasteiger partial charge on any atom is 0.273 e. The first-order valence-corrected chi connectivity index (χ1v) is 11.5. The van der Waals surface area contributed by atoms with E-state index in [2.05, 4.69) is 10.2 Å². The van der Waals surface area contributed by atoms with Gasteiger partial charge in [0.05, 0.1) is 25.5 Å². The van der Waals surface area contributed by atoms with E-state index in [0.717, 1.165) is 39.4 Å². The monoisotopic (exact) mass is 473 g/mol. The van der Waals surface area contributed by atoms with E-state index in [1.165, 1.54) is 0 Å². The molecule has 1 atom stereocenters. The molecule has 7 heteroatoms. The summed E-state index contributed by atoms with van der Waals surface area (Å²) in [5.41, 5.74) is 4.80. The zero-order chi connectivity index (χ0) is 23.7. The summed E-state index contributed by atoms with van der Waals surface area (Å²) >= 11 is 6.46. The number of carbonyl (C=O) groups is 1. The second kappa shape index (κ2) is 9.23. The largest absolute Gasteiger partial charge is 0.497 e. The molecule has 0 saturated carbocycles. The molecule has 3 aromatic carbocycles. The van der Waals surface area contributed by atoms with Crippen molar-refractivity contribution >= 4 is 17.5 Å². The van der Waals surface area contributed by atoms with Gasteiger partial charge in [0.1, 0.15) is 17.2 Å². The van der Waals surface area contributed by atoms with Crippen LogP contribution in [0, 0.1) is 0 Å². The Morgan fingerprint density at radius 2 is 1.82 bits per heavy atom. The number of halogens is 1. The number of aromatic amines is 1. The minimum absolute atomic E-state index is 0.117. The lowest BCUT2D eigenvalue weighted by Gasteiger charge is -2.27. The van der Waals surface area contributed by atoms with Crippen LogP contribution in [-0.4, -0.2) is 34.7 Å². The number of hydrogen-bond acceptors (Lipinski definition) is 4. The third-order valence-electron chi connectivity index (χ3n) is 6.01. The number of aromatic nitrogens is 2. The second-order valence-electron chi connectivity index (χ2n) is 8.02. The molecule has 1 unspecified atom stereocenters. The van der Waals surface area contributed by atoms with Gasteiger partial charge in [-0.25, -0.2) is 0 Å². The number of rotatable bonds is 7. The lowest BCUT2D eigenvalue weighted by molar-refractivity contribution is 0.0730. The molecule has 6 nitrogen and oxygen atoms in total. The van der Waals surface area contributed by atoms with Gasteiger partial charge < -0.3 is 14.4 Å². The average molecular weight is 474 g/mol. The normalized spacial score (nSPS) is 14.9. The Balaban J connectivity index is 1.64. The van der Waals surface area contributed by atoms with Crippen molar-refractivity contribution in [1.29, 1.82) is 0 Å². The highest BCUT2D eigenvalue weighted by molar-refractivity contribution is 6.31. The van der Waals surface area contributed by atoms with E-state index in [-0.39, 0.29) is 11.9 Å². The summed E-state index contributed by atoms with van der Waals surface area (Å²) < 4.78 is 11.1. The molecule has 0 saturated heterocycles. The maximum absolute atomic E-state index is 13.6. The molecule has 2 heterocycles. The van der Waals surface area contributed by atoms with Crippen molar-refractivity contribution in [1.82, 2.24) is 15.1 Å².